The number of rotatable bonds is 6. The average molecular weight is 348 g/mol. The summed E-state index contributed by atoms with van der Waals surface area (Å²) in [6.45, 7) is 13.0. The molecule has 0 saturated carbocycles. The van der Waals surface area contributed by atoms with Crippen molar-refractivity contribution in [1.82, 2.24) is 15.1 Å². The molecule has 1 fully saturated rings. The van der Waals surface area contributed by atoms with E-state index in [1.54, 1.807) is 18.0 Å². The lowest BCUT2D eigenvalue weighted by Crippen LogP contribution is -2.46. The lowest BCUT2D eigenvalue weighted by Gasteiger charge is -2.37. The van der Waals surface area contributed by atoms with Gasteiger partial charge in [-0.15, -0.1) is 6.58 Å². The van der Waals surface area contributed by atoms with Crippen LogP contribution in [0.4, 0.5) is 14.9 Å². The number of anilines is 1. The van der Waals surface area contributed by atoms with Crippen LogP contribution in [0.3, 0.4) is 0 Å². The number of halogens is 1. The van der Waals surface area contributed by atoms with Crippen LogP contribution in [0.15, 0.2) is 30.9 Å². The molecule has 1 saturated heterocycles. The van der Waals surface area contributed by atoms with Gasteiger partial charge in [-0.05, 0) is 31.7 Å². The number of hydrogen-bond acceptors (Lipinski definition) is 3. The zero-order chi connectivity index (χ0) is 18.4. The number of carbonyl (C=O) groups excluding carboxylic acids is 1. The van der Waals surface area contributed by atoms with Crippen molar-refractivity contribution < 1.29 is 9.18 Å². The molecular formula is C19H29FN4O. The fourth-order valence-electron chi connectivity index (χ4n) is 3.11. The highest BCUT2D eigenvalue weighted by atomic mass is 19.1. The molecule has 1 aromatic carbocycles. The van der Waals surface area contributed by atoms with Gasteiger partial charge in [0.05, 0.1) is 6.04 Å². The molecule has 1 N–H and O–H groups in total. The number of benzene rings is 1. The van der Waals surface area contributed by atoms with Crippen molar-refractivity contribution in [1.29, 1.82) is 0 Å². The second-order valence-corrected chi connectivity index (χ2v) is 6.46. The largest absolute Gasteiger partial charge is 0.369 e. The minimum absolute atomic E-state index is 0.196. The molecule has 1 aliphatic rings. The van der Waals surface area contributed by atoms with Crippen LogP contribution in [0, 0.1) is 5.82 Å². The SMILES string of the molecule is C=CCN(C)C(=O)N[C@@H](C)c1cc(F)ccc1N1CCN(CC)CC1. The molecule has 0 spiro atoms. The van der Waals surface area contributed by atoms with E-state index in [-0.39, 0.29) is 17.9 Å². The molecule has 0 unspecified atom stereocenters. The van der Waals surface area contributed by atoms with Crippen LogP contribution < -0.4 is 10.2 Å². The van der Waals surface area contributed by atoms with E-state index < -0.39 is 0 Å². The van der Waals surface area contributed by atoms with Crippen LogP contribution in [0.5, 0.6) is 0 Å². The summed E-state index contributed by atoms with van der Waals surface area (Å²) in [5.41, 5.74) is 1.81. The molecule has 138 valence electrons. The molecule has 0 aliphatic carbocycles. The summed E-state index contributed by atoms with van der Waals surface area (Å²) in [6.07, 6.45) is 1.67. The summed E-state index contributed by atoms with van der Waals surface area (Å²) in [5, 5.41) is 2.94. The first-order valence-corrected chi connectivity index (χ1v) is 8.85. The first-order valence-electron chi connectivity index (χ1n) is 8.85. The lowest BCUT2D eigenvalue weighted by molar-refractivity contribution is 0.210. The van der Waals surface area contributed by atoms with Gasteiger partial charge in [-0.25, -0.2) is 9.18 Å². The first-order chi connectivity index (χ1) is 12.0. The van der Waals surface area contributed by atoms with E-state index in [0.29, 0.717) is 6.54 Å². The van der Waals surface area contributed by atoms with Crippen LogP contribution in [-0.4, -0.2) is 62.1 Å². The van der Waals surface area contributed by atoms with Gasteiger partial charge >= 0.3 is 6.03 Å². The maximum Gasteiger partial charge on any atom is 0.317 e. The van der Waals surface area contributed by atoms with Gasteiger partial charge < -0.3 is 20.0 Å². The Labute approximate surface area is 150 Å². The number of carbonyl (C=O) groups is 1. The number of amides is 2. The number of urea groups is 1. The zero-order valence-electron chi connectivity index (χ0n) is 15.5. The Kier molecular flexibility index (Phi) is 6.82. The standard InChI is InChI=1S/C19H29FN4O/c1-5-9-22(4)19(25)21-15(3)17-14-16(20)7-8-18(17)24-12-10-23(6-2)11-13-24/h5,7-8,14-15H,1,6,9-13H2,2-4H3,(H,21,25)/t15-/m0/s1. The van der Waals surface area contributed by atoms with Crippen molar-refractivity contribution in [2.24, 2.45) is 0 Å². The second kappa shape index (κ2) is 8.85. The van der Waals surface area contributed by atoms with Gasteiger partial charge in [0, 0.05) is 51.0 Å². The maximum absolute atomic E-state index is 13.8. The van der Waals surface area contributed by atoms with E-state index in [2.05, 4.69) is 28.6 Å². The Bertz CT molecular complexity index is 599. The van der Waals surface area contributed by atoms with Crippen molar-refractivity contribution in [3.05, 3.63) is 42.2 Å². The summed E-state index contributed by atoms with van der Waals surface area (Å²) < 4.78 is 13.8. The highest BCUT2D eigenvalue weighted by Gasteiger charge is 2.22. The van der Waals surface area contributed by atoms with Gasteiger partial charge in [-0.2, -0.15) is 0 Å². The van der Waals surface area contributed by atoms with Gasteiger partial charge in [-0.1, -0.05) is 13.0 Å². The van der Waals surface area contributed by atoms with Gasteiger partial charge in [0.15, 0.2) is 0 Å². The van der Waals surface area contributed by atoms with Gasteiger partial charge in [0.1, 0.15) is 5.82 Å². The van der Waals surface area contributed by atoms with E-state index in [1.165, 1.54) is 12.1 Å². The summed E-state index contributed by atoms with van der Waals surface area (Å²) in [4.78, 5) is 18.4. The van der Waals surface area contributed by atoms with E-state index in [0.717, 1.165) is 44.0 Å². The van der Waals surface area contributed by atoms with E-state index in [4.69, 9.17) is 0 Å². The molecule has 0 bridgehead atoms. The second-order valence-electron chi connectivity index (χ2n) is 6.46. The molecule has 0 aromatic heterocycles. The van der Waals surface area contributed by atoms with Gasteiger partial charge in [0.25, 0.3) is 0 Å². The third-order valence-corrected chi connectivity index (χ3v) is 4.71. The maximum atomic E-state index is 13.8. The molecule has 1 aromatic rings. The van der Waals surface area contributed by atoms with Gasteiger partial charge in [0.2, 0.25) is 0 Å². The van der Waals surface area contributed by atoms with Crippen molar-refractivity contribution >= 4 is 11.7 Å². The van der Waals surface area contributed by atoms with Gasteiger partial charge in [-0.3, -0.25) is 0 Å². The number of hydrogen-bond donors (Lipinski definition) is 1. The molecule has 2 rings (SSSR count). The summed E-state index contributed by atoms with van der Waals surface area (Å²) in [5.74, 6) is -0.286. The Balaban J connectivity index is 2.15. The smallest absolute Gasteiger partial charge is 0.317 e. The number of piperazine rings is 1. The number of likely N-dealkylation sites (N-methyl/N-ethyl adjacent to an activating group) is 2. The highest BCUT2D eigenvalue weighted by molar-refractivity contribution is 5.75. The molecule has 5 nitrogen and oxygen atoms in total. The molecule has 6 heteroatoms. The Morgan fingerprint density at radius 1 is 1.40 bits per heavy atom. The summed E-state index contributed by atoms with van der Waals surface area (Å²) in [7, 11) is 1.71. The monoisotopic (exact) mass is 348 g/mol. The fraction of sp³-hybridized carbons (Fsp3) is 0.526. The van der Waals surface area contributed by atoms with E-state index in [1.807, 2.05) is 13.0 Å². The molecule has 25 heavy (non-hydrogen) atoms. The Morgan fingerprint density at radius 3 is 2.68 bits per heavy atom. The third-order valence-electron chi connectivity index (χ3n) is 4.71. The van der Waals surface area contributed by atoms with Crippen LogP contribution in [0.2, 0.25) is 0 Å². The average Bonchev–Trinajstić information content (AvgIpc) is 2.62. The minimum atomic E-state index is -0.286. The number of nitrogens with zero attached hydrogens (tertiary/aromatic N) is 3. The fourth-order valence-corrected chi connectivity index (χ4v) is 3.11. The minimum Gasteiger partial charge on any atom is -0.369 e. The third kappa shape index (κ3) is 4.95. The molecule has 2 amide bonds. The topological polar surface area (TPSA) is 38.8 Å². The summed E-state index contributed by atoms with van der Waals surface area (Å²) >= 11 is 0. The Hall–Kier alpha value is -2.08. The molecular weight excluding hydrogens is 319 g/mol. The molecule has 1 aliphatic heterocycles. The van der Waals surface area contributed by atoms with Crippen LogP contribution in [-0.2, 0) is 0 Å². The van der Waals surface area contributed by atoms with Crippen LogP contribution in [0.25, 0.3) is 0 Å². The quantitative estimate of drug-likeness (QED) is 0.804. The molecule has 0 radical (unpaired) electrons. The van der Waals surface area contributed by atoms with Crippen LogP contribution in [0.1, 0.15) is 25.5 Å². The van der Waals surface area contributed by atoms with Crippen molar-refractivity contribution in [3.63, 3.8) is 0 Å². The number of nitrogens with one attached hydrogen (secondary N) is 1. The van der Waals surface area contributed by atoms with Crippen molar-refractivity contribution in [2.45, 2.75) is 19.9 Å². The highest BCUT2D eigenvalue weighted by Crippen LogP contribution is 2.28. The first kappa shape index (κ1) is 19.2. The van der Waals surface area contributed by atoms with E-state index in [9.17, 15) is 9.18 Å². The molecule has 1 atom stereocenters. The van der Waals surface area contributed by atoms with Crippen molar-refractivity contribution in [3.8, 4) is 0 Å². The predicted octanol–water partition coefficient (Wildman–Crippen LogP) is 2.86. The summed E-state index contributed by atoms with van der Waals surface area (Å²) in [6, 6.07) is 4.36. The predicted molar refractivity (Wildman–Crippen MR) is 101 cm³/mol. The Morgan fingerprint density at radius 2 is 2.08 bits per heavy atom. The zero-order valence-corrected chi connectivity index (χ0v) is 15.5. The van der Waals surface area contributed by atoms with Crippen LogP contribution >= 0.6 is 0 Å². The van der Waals surface area contributed by atoms with Crippen molar-refractivity contribution in [2.75, 3.05) is 51.2 Å². The van der Waals surface area contributed by atoms with E-state index >= 15 is 0 Å². The molecule has 1 heterocycles. The normalized spacial score (nSPS) is 16.4. The lowest BCUT2D eigenvalue weighted by atomic mass is 10.0.